The molecule has 0 radical (unpaired) electrons. The smallest absolute Gasteiger partial charge is 0.410 e. The normalized spacial score (nSPS) is 19.8. The van der Waals surface area contributed by atoms with Crippen LogP contribution in [0.15, 0.2) is 30.3 Å². The number of likely N-dealkylation sites (tertiary alicyclic amines) is 1. The van der Waals surface area contributed by atoms with Crippen LogP contribution in [0.25, 0.3) is 11.0 Å². The van der Waals surface area contributed by atoms with Gasteiger partial charge in [-0.1, -0.05) is 23.4 Å². The fourth-order valence-corrected chi connectivity index (χ4v) is 5.73. The van der Waals surface area contributed by atoms with Gasteiger partial charge in [0.15, 0.2) is 0 Å². The van der Waals surface area contributed by atoms with Crippen LogP contribution >= 0.6 is 0 Å². The highest BCUT2D eigenvalue weighted by molar-refractivity contribution is 5.83. The molecule has 1 N–H and O–H groups in total. The molecule has 3 unspecified atom stereocenters. The number of carboxylic acids is 1. The third-order valence-electron chi connectivity index (χ3n) is 7.21. The molecule has 1 aromatic heterocycles. The summed E-state index contributed by atoms with van der Waals surface area (Å²) in [5.74, 6) is -0.369. The van der Waals surface area contributed by atoms with Gasteiger partial charge in [-0.2, -0.15) is 0 Å². The monoisotopic (exact) mass is 492 g/mol. The second-order valence-electron chi connectivity index (χ2n) is 10.8. The number of hydrogen-bond donors (Lipinski definition) is 1. The molecule has 1 aliphatic heterocycles. The van der Waals surface area contributed by atoms with E-state index in [0.717, 1.165) is 35.0 Å². The predicted molar refractivity (Wildman–Crippen MR) is 133 cm³/mol. The Hall–Kier alpha value is -3.62. The maximum absolute atomic E-state index is 13.0. The standard InChI is InChI=1S/C27H32N4O5/c1-27(2,3)36-26(34)31-9-8-17-10-15-6-7-16(11-20(15)24(17)31)19(14-23(32)33)18-12-21-25(22(13-18)35-5)30(4)29-28-21/h6-7,11-13,17,19,24H,8-10,14H2,1-5H3,(H,32,33). The van der Waals surface area contributed by atoms with Crippen LogP contribution in [0.5, 0.6) is 5.75 Å². The molecule has 0 saturated carbocycles. The summed E-state index contributed by atoms with van der Waals surface area (Å²) >= 11 is 0. The van der Waals surface area contributed by atoms with E-state index in [-0.39, 0.29) is 18.6 Å². The van der Waals surface area contributed by atoms with Gasteiger partial charge in [-0.05, 0) is 73.9 Å². The number of fused-ring (bicyclic) bond motifs is 4. The first-order valence-corrected chi connectivity index (χ1v) is 12.3. The Morgan fingerprint density at radius 1 is 1.19 bits per heavy atom. The molecule has 9 heteroatoms. The number of aromatic nitrogens is 3. The van der Waals surface area contributed by atoms with Crippen molar-refractivity contribution in [3.8, 4) is 5.75 Å². The average molecular weight is 493 g/mol. The van der Waals surface area contributed by atoms with Crippen molar-refractivity contribution in [1.82, 2.24) is 19.9 Å². The molecule has 5 rings (SSSR count). The van der Waals surface area contributed by atoms with E-state index < -0.39 is 17.5 Å². The number of nitrogens with zero attached hydrogens (tertiary/aromatic N) is 4. The number of aryl methyl sites for hydroxylation is 1. The SMILES string of the molecule is COc1cc(C(CC(=O)O)c2ccc3c(c2)C2C(CCN2C(=O)OC(C)(C)C)C3)cc2nnn(C)c12. The summed E-state index contributed by atoms with van der Waals surface area (Å²) in [6.07, 6.45) is 1.45. The first-order valence-electron chi connectivity index (χ1n) is 12.3. The van der Waals surface area contributed by atoms with Crippen LogP contribution in [0.2, 0.25) is 0 Å². The van der Waals surface area contributed by atoms with Gasteiger partial charge in [0.2, 0.25) is 0 Å². The van der Waals surface area contributed by atoms with Crippen LogP contribution in [0.1, 0.15) is 67.8 Å². The molecule has 2 aromatic carbocycles. The lowest BCUT2D eigenvalue weighted by Gasteiger charge is -2.29. The van der Waals surface area contributed by atoms with Gasteiger partial charge in [0.25, 0.3) is 0 Å². The zero-order valence-corrected chi connectivity index (χ0v) is 21.3. The lowest BCUT2D eigenvalue weighted by Crippen LogP contribution is -2.36. The number of benzene rings is 2. The number of carboxylic acid groups (broad SMARTS) is 1. The van der Waals surface area contributed by atoms with E-state index in [9.17, 15) is 14.7 Å². The predicted octanol–water partition coefficient (Wildman–Crippen LogP) is 4.44. The van der Waals surface area contributed by atoms with E-state index in [1.165, 1.54) is 5.56 Å². The summed E-state index contributed by atoms with van der Waals surface area (Å²) in [5, 5.41) is 18.1. The summed E-state index contributed by atoms with van der Waals surface area (Å²) in [6, 6.07) is 9.89. The zero-order valence-electron chi connectivity index (χ0n) is 21.3. The third kappa shape index (κ3) is 4.27. The molecule has 1 saturated heterocycles. The number of rotatable bonds is 5. The van der Waals surface area contributed by atoms with Crippen molar-refractivity contribution >= 4 is 23.1 Å². The van der Waals surface area contributed by atoms with Gasteiger partial charge in [0.1, 0.15) is 22.4 Å². The maximum atomic E-state index is 13.0. The van der Waals surface area contributed by atoms with E-state index in [0.29, 0.717) is 23.7 Å². The molecule has 190 valence electrons. The van der Waals surface area contributed by atoms with Gasteiger partial charge in [0.05, 0.1) is 19.6 Å². The van der Waals surface area contributed by atoms with Gasteiger partial charge in [0, 0.05) is 19.5 Å². The zero-order chi connectivity index (χ0) is 25.8. The van der Waals surface area contributed by atoms with E-state index in [1.54, 1.807) is 18.8 Å². The molecule has 9 nitrogen and oxygen atoms in total. The molecular weight excluding hydrogens is 460 g/mol. The third-order valence-corrected chi connectivity index (χ3v) is 7.21. The van der Waals surface area contributed by atoms with Crippen LogP contribution in [0.3, 0.4) is 0 Å². The van der Waals surface area contributed by atoms with Crippen molar-refractivity contribution in [1.29, 1.82) is 0 Å². The fraction of sp³-hybridized carbons (Fsp3) is 0.481. The average Bonchev–Trinajstić information content (AvgIpc) is 3.49. The first-order chi connectivity index (χ1) is 17.1. The Bertz CT molecular complexity index is 1340. The van der Waals surface area contributed by atoms with Gasteiger partial charge < -0.3 is 19.5 Å². The summed E-state index contributed by atoms with van der Waals surface area (Å²) < 4.78 is 12.9. The van der Waals surface area contributed by atoms with Gasteiger partial charge in [-0.25, -0.2) is 9.48 Å². The lowest BCUT2D eigenvalue weighted by atomic mass is 9.86. The van der Waals surface area contributed by atoms with Crippen molar-refractivity contribution in [2.75, 3.05) is 13.7 Å². The Morgan fingerprint density at radius 2 is 1.97 bits per heavy atom. The second kappa shape index (κ2) is 8.80. The summed E-state index contributed by atoms with van der Waals surface area (Å²) in [6.45, 7) is 6.28. The number of amides is 1. The van der Waals surface area contributed by atoms with Gasteiger partial charge >= 0.3 is 12.1 Å². The quantitative estimate of drug-likeness (QED) is 0.561. The molecule has 2 aliphatic rings. The van der Waals surface area contributed by atoms with E-state index in [2.05, 4.69) is 22.4 Å². The molecule has 2 heterocycles. The van der Waals surface area contributed by atoms with E-state index >= 15 is 0 Å². The van der Waals surface area contributed by atoms with Crippen molar-refractivity contribution < 1.29 is 24.2 Å². The Labute approximate surface area is 210 Å². The first kappa shape index (κ1) is 24.1. The number of carbonyl (C=O) groups excluding carboxylic acids is 1. The minimum atomic E-state index is -0.896. The van der Waals surface area contributed by atoms with Gasteiger partial charge in [-0.15, -0.1) is 5.10 Å². The minimum absolute atomic E-state index is 0.0581. The Balaban J connectivity index is 1.55. The molecule has 1 aliphatic carbocycles. The van der Waals surface area contributed by atoms with Crippen LogP contribution in [0.4, 0.5) is 4.79 Å². The molecular formula is C27H32N4O5. The second-order valence-corrected chi connectivity index (χ2v) is 10.8. The highest BCUT2D eigenvalue weighted by Crippen LogP contribution is 2.48. The Morgan fingerprint density at radius 3 is 2.67 bits per heavy atom. The number of hydrogen-bond acceptors (Lipinski definition) is 6. The van der Waals surface area contributed by atoms with E-state index in [4.69, 9.17) is 9.47 Å². The molecule has 36 heavy (non-hydrogen) atoms. The Kier molecular flexibility index (Phi) is 5.89. The van der Waals surface area contributed by atoms with Crippen molar-refractivity contribution in [2.24, 2.45) is 13.0 Å². The maximum Gasteiger partial charge on any atom is 0.410 e. The molecule has 3 atom stereocenters. The van der Waals surface area contributed by atoms with Crippen molar-refractivity contribution in [2.45, 2.75) is 57.6 Å². The molecule has 3 aromatic rings. The number of carbonyl (C=O) groups is 2. The molecule has 1 fully saturated rings. The number of methoxy groups -OCH3 is 1. The lowest BCUT2D eigenvalue weighted by molar-refractivity contribution is -0.137. The van der Waals surface area contributed by atoms with Crippen LogP contribution in [-0.2, 0) is 23.0 Å². The molecule has 0 spiro atoms. The number of aliphatic carboxylic acids is 1. The highest BCUT2D eigenvalue weighted by atomic mass is 16.6. The molecule has 1 amide bonds. The van der Waals surface area contributed by atoms with E-state index in [1.807, 2.05) is 43.9 Å². The largest absolute Gasteiger partial charge is 0.494 e. The van der Waals surface area contributed by atoms with Crippen molar-refractivity contribution in [3.63, 3.8) is 0 Å². The topological polar surface area (TPSA) is 107 Å². The summed E-state index contributed by atoms with van der Waals surface area (Å²) in [7, 11) is 3.37. The van der Waals surface area contributed by atoms with Crippen LogP contribution in [-0.4, -0.2) is 56.3 Å². The summed E-state index contributed by atoms with van der Waals surface area (Å²) in [4.78, 5) is 26.8. The van der Waals surface area contributed by atoms with Crippen LogP contribution in [0, 0.1) is 5.92 Å². The number of ether oxygens (including phenoxy) is 2. The van der Waals surface area contributed by atoms with Crippen LogP contribution < -0.4 is 4.74 Å². The fourth-order valence-electron chi connectivity index (χ4n) is 5.73. The minimum Gasteiger partial charge on any atom is -0.494 e. The van der Waals surface area contributed by atoms with Crippen molar-refractivity contribution in [3.05, 3.63) is 52.6 Å². The van der Waals surface area contributed by atoms with Gasteiger partial charge in [-0.3, -0.25) is 4.79 Å². The summed E-state index contributed by atoms with van der Waals surface area (Å²) in [5.41, 5.74) is 4.82. The highest BCUT2D eigenvalue weighted by Gasteiger charge is 2.45. The molecule has 0 bridgehead atoms.